The number of nitrogen functional groups attached to an aromatic ring is 1. The highest BCUT2D eigenvalue weighted by Crippen LogP contribution is 2.22. The van der Waals surface area contributed by atoms with Crippen LogP contribution in [0.25, 0.3) is 0 Å². The first-order valence-electron chi connectivity index (χ1n) is 6.35. The molecular formula is C12H22N6O. The van der Waals surface area contributed by atoms with Crippen LogP contribution in [0.3, 0.4) is 0 Å². The van der Waals surface area contributed by atoms with Gasteiger partial charge in [0.15, 0.2) is 0 Å². The Morgan fingerprint density at radius 3 is 2.47 bits per heavy atom. The standard InChI is InChI=1S/C12H22N6O/c1-5-14-9(19)6-15-11-8(4)12(18-13)17-10(16-11)7(2)3/h7H,5-6,13H2,1-4H3,(H,14,19)(H2,15,16,17,18). The van der Waals surface area contributed by atoms with E-state index in [1.54, 1.807) is 0 Å². The summed E-state index contributed by atoms with van der Waals surface area (Å²) in [4.78, 5) is 20.2. The Morgan fingerprint density at radius 1 is 1.32 bits per heavy atom. The molecule has 1 aromatic rings. The lowest BCUT2D eigenvalue weighted by Crippen LogP contribution is -2.30. The summed E-state index contributed by atoms with van der Waals surface area (Å²) in [6, 6.07) is 0. The maximum absolute atomic E-state index is 11.4. The van der Waals surface area contributed by atoms with Gasteiger partial charge in [0.25, 0.3) is 0 Å². The van der Waals surface area contributed by atoms with Gasteiger partial charge in [0.2, 0.25) is 5.91 Å². The lowest BCUT2D eigenvalue weighted by molar-refractivity contribution is -0.119. The Hall–Kier alpha value is -1.89. The van der Waals surface area contributed by atoms with Crippen molar-refractivity contribution in [1.29, 1.82) is 0 Å². The molecule has 0 unspecified atom stereocenters. The molecule has 1 aromatic heterocycles. The second-order valence-electron chi connectivity index (χ2n) is 4.51. The molecule has 0 aliphatic heterocycles. The monoisotopic (exact) mass is 266 g/mol. The summed E-state index contributed by atoms with van der Waals surface area (Å²) in [6.07, 6.45) is 0. The number of nitrogens with one attached hydrogen (secondary N) is 3. The quantitative estimate of drug-likeness (QED) is 0.447. The molecule has 0 aromatic carbocycles. The third kappa shape index (κ3) is 4.06. The minimum absolute atomic E-state index is 0.0751. The fourth-order valence-corrected chi connectivity index (χ4v) is 1.53. The van der Waals surface area contributed by atoms with Crippen LogP contribution < -0.4 is 21.9 Å². The van der Waals surface area contributed by atoms with Crippen molar-refractivity contribution in [3.8, 4) is 0 Å². The molecule has 0 bridgehead atoms. The number of carbonyl (C=O) groups is 1. The number of nitrogens with zero attached hydrogens (tertiary/aromatic N) is 2. The highest BCUT2D eigenvalue weighted by Gasteiger charge is 2.13. The number of anilines is 2. The lowest BCUT2D eigenvalue weighted by atomic mass is 10.2. The summed E-state index contributed by atoms with van der Waals surface area (Å²) in [7, 11) is 0. The number of nitrogens with two attached hydrogens (primary N) is 1. The molecule has 0 saturated carbocycles. The number of likely N-dealkylation sites (N-methyl/N-ethyl adjacent to an activating group) is 1. The number of amides is 1. The topological polar surface area (TPSA) is 105 Å². The van der Waals surface area contributed by atoms with Crippen molar-refractivity contribution in [2.24, 2.45) is 5.84 Å². The Labute approximate surface area is 113 Å². The van der Waals surface area contributed by atoms with Crippen molar-refractivity contribution in [3.05, 3.63) is 11.4 Å². The van der Waals surface area contributed by atoms with Gasteiger partial charge in [0.1, 0.15) is 17.5 Å². The summed E-state index contributed by atoms with van der Waals surface area (Å²) in [5.74, 6) is 7.42. The van der Waals surface area contributed by atoms with E-state index in [0.29, 0.717) is 24.0 Å². The third-order valence-electron chi connectivity index (χ3n) is 2.61. The van der Waals surface area contributed by atoms with Gasteiger partial charge in [-0.3, -0.25) is 4.79 Å². The van der Waals surface area contributed by atoms with Gasteiger partial charge in [-0.15, -0.1) is 0 Å². The van der Waals surface area contributed by atoms with Gasteiger partial charge >= 0.3 is 0 Å². The summed E-state index contributed by atoms with van der Waals surface area (Å²) >= 11 is 0. The molecule has 7 nitrogen and oxygen atoms in total. The van der Waals surface area contributed by atoms with Gasteiger partial charge in [0, 0.05) is 18.0 Å². The van der Waals surface area contributed by atoms with Crippen LogP contribution in [0.1, 0.15) is 38.1 Å². The zero-order valence-electron chi connectivity index (χ0n) is 11.9. The second-order valence-corrected chi connectivity index (χ2v) is 4.51. The Morgan fingerprint density at radius 2 is 1.95 bits per heavy atom. The Bertz CT molecular complexity index is 446. The number of aromatic nitrogens is 2. The SMILES string of the molecule is CCNC(=O)CNc1nc(C(C)C)nc(NN)c1C. The van der Waals surface area contributed by atoms with Crippen molar-refractivity contribution in [2.45, 2.75) is 33.6 Å². The first-order valence-corrected chi connectivity index (χ1v) is 6.35. The first kappa shape index (κ1) is 15.2. The molecule has 0 aliphatic rings. The summed E-state index contributed by atoms with van der Waals surface area (Å²) in [5.41, 5.74) is 3.34. The first-order chi connectivity index (χ1) is 8.99. The number of hydrogen-bond donors (Lipinski definition) is 4. The van der Waals surface area contributed by atoms with E-state index in [9.17, 15) is 4.79 Å². The van der Waals surface area contributed by atoms with E-state index in [2.05, 4.69) is 26.0 Å². The highest BCUT2D eigenvalue weighted by molar-refractivity contribution is 5.80. The van der Waals surface area contributed by atoms with Crippen LogP contribution in [0.4, 0.5) is 11.6 Å². The molecule has 0 radical (unpaired) electrons. The van der Waals surface area contributed by atoms with Gasteiger partial charge in [-0.1, -0.05) is 13.8 Å². The van der Waals surface area contributed by atoms with Crippen LogP contribution in [-0.4, -0.2) is 29.0 Å². The molecule has 5 N–H and O–H groups in total. The van der Waals surface area contributed by atoms with Crippen molar-refractivity contribution in [1.82, 2.24) is 15.3 Å². The van der Waals surface area contributed by atoms with Crippen LogP contribution in [0, 0.1) is 6.92 Å². The number of rotatable bonds is 6. The highest BCUT2D eigenvalue weighted by atomic mass is 16.1. The van der Waals surface area contributed by atoms with Crippen molar-refractivity contribution in [2.75, 3.05) is 23.8 Å². The summed E-state index contributed by atoms with van der Waals surface area (Å²) in [5, 5.41) is 5.72. The molecule has 7 heteroatoms. The average molecular weight is 266 g/mol. The van der Waals surface area contributed by atoms with E-state index in [1.807, 2.05) is 27.7 Å². The van der Waals surface area contributed by atoms with E-state index in [0.717, 1.165) is 5.56 Å². The van der Waals surface area contributed by atoms with Crippen LogP contribution >= 0.6 is 0 Å². The molecule has 0 aliphatic carbocycles. The van der Waals surface area contributed by atoms with Crippen molar-refractivity contribution in [3.63, 3.8) is 0 Å². The van der Waals surface area contributed by atoms with Gasteiger partial charge in [-0.25, -0.2) is 15.8 Å². The zero-order valence-corrected chi connectivity index (χ0v) is 11.9. The molecule has 1 amide bonds. The van der Waals surface area contributed by atoms with E-state index in [4.69, 9.17) is 5.84 Å². The van der Waals surface area contributed by atoms with Crippen LogP contribution in [-0.2, 0) is 4.79 Å². The number of carbonyl (C=O) groups excluding carboxylic acids is 1. The average Bonchev–Trinajstić information content (AvgIpc) is 2.37. The molecule has 106 valence electrons. The molecule has 0 spiro atoms. The summed E-state index contributed by atoms with van der Waals surface area (Å²) < 4.78 is 0. The van der Waals surface area contributed by atoms with E-state index in [-0.39, 0.29) is 18.4 Å². The fourth-order valence-electron chi connectivity index (χ4n) is 1.53. The van der Waals surface area contributed by atoms with Gasteiger partial charge in [-0.2, -0.15) is 0 Å². The van der Waals surface area contributed by atoms with Gasteiger partial charge in [0.05, 0.1) is 6.54 Å². The zero-order chi connectivity index (χ0) is 14.4. The van der Waals surface area contributed by atoms with Crippen molar-refractivity contribution < 1.29 is 4.79 Å². The van der Waals surface area contributed by atoms with E-state index >= 15 is 0 Å². The van der Waals surface area contributed by atoms with E-state index < -0.39 is 0 Å². The smallest absolute Gasteiger partial charge is 0.239 e. The van der Waals surface area contributed by atoms with Crippen LogP contribution in [0.5, 0.6) is 0 Å². The van der Waals surface area contributed by atoms with Crippen LogP contribution in [0.2, 0.25) is 0 Å². The Balaban J connectivity index is 2.92. The molecular weight excluding hydrogens is 244 g/mol. The maximum atomic E-state index is 11.4. The minimum atomic E-state index is -0.0751. The molecule has 1 heterocycles. The van der Waals surface area contributed by atoms with Gasteiger partial charge < -0.3 is 16.1 Å². The molecule has 0 atom stereocenters. The molecule has 1 rings (SSSR count). The normalized spacial score (nSPS) is 10.4. The number of hydrazine groups is 1. The largest absolute Gasteiger partial charge is 0.361 e. The second kappa shape index (κ2) is 6.89. The van der Waals surface area contributed by atoms with Crippen molar-refractivity contribution >= 4 is 17.5 Å². The predicted molar refractivity (Wildman–Crippen MR) is 75.8 cm³/mol. The Kier molecular flexibility index (Phi) is 5.50. The third-order valence-corrected chi connectivity index (χ3v) is 2.61. The predicted octanol–water partition coefficient (Wildman–Crippen LogP) is 0.742. The minimum Gasteiger partial charge on any atom is -0.361 e. The van der Waals surface area contributed by atoms with E-state index in [1.165, 1.54) is 0 Å². The lowest BCUT2D eigenvalue weighted by Gasteiger charge is -2.14. The van der Waals surface area contributed by atoms with Gasteiger partial charge in [-0.05, 0) is 13.8 Å². The number of hydrogen-bond acceptors (Lipinski definition) is 6. The van der Waals surface area contributed by atoms with Crippen LogP contribution in [0.15, 0.2) is 0 Å². The summed E-state index contributed by atoms with van der Waals surface area (Å²) in [6.45, 7) is 8.50. The molecule has 0 fully saturated rings. The molecule has 0 saturated heterocycles. The maximum Gasteiger partial charge on any atom is 0.239 e. The molecule has 19 heavy (non-hydrogen) atoms. The fraction of sp³-hybridized carbons (Fsp3) is 0.583.